The third-order valence-electron chi connectivity index (χ3n) is 4.66. The van der Waals surface area contributed by atoms with Gasteiger partial charge in [-0.1, -0.05) is 48.5 Å². The molecule has 1 fully saturated rings. The van der Waals surface area contributed by atoms with E-state index >= 15 is 0 Å². The molecule has 0 saturated carbocycles. The number of carbonyl (C=O) groups excluding carboxylic acids is 3. The molecule has 0 bridgehead atoms. The summed E-state index contributed by atoms with van der Waals surface area (Å²) in [5.74, 6) is -0.738. The van der Waals surface area contributed by atoms with E-state index in [4.69, 9.17) is 0 Å². The number of imide groups is 1. The largest absolute Gasteiger partial charge is 0.465 e. The molecular weight excluding hydrogens is 386 g/mol. The van der Waals surface area contributed by atoms with Crippen LogP contribution in [0.15, 0.2) is 71.6 Å². The van der Waals surface area contributed by atoms with Crippen molar-refractivity contribution < 1.29 is 19.1 Å². The fraction of sp³-hybridized carbons (Fsp3) is 0.0870. The molecule has 0 aliphatic carbocycles. The molecular formula is C23H17NO4S. The molecule has 1 saturated heterocycles. The van der Waals surface area contributed by atoms with Gasteiger partial charge in [-0.3, -0.25) is 14.5 Å². The van der Waals surface area contributed by atoms with Gasteiger partial charge in [0.05, 0.1) is 24.1 Å². The van der Waals surface area contributed by atoms with E-state index in [1.54, 1.807) is 30.3 Å². The van der Waals surface area contributed by atoms with Crippen LogP contribution in [0.3, 0.4) is 0 Å². The van der Waals surface area contributed by atoms with Crippen LogP contribution in [-0.2, 0) is 16.1 Å². The second-order valence-corrected chi connectivity index (χ2v) is 7.56. The van der Waals surface area contributed by atoms with Gasteiger partial charge < -0.3 is 4.74 Å². The molecule has 29 heavy (non-hydrogen) atoms. The van der Waals surface area contributed by atoms with E-state index in [0.717, 1.165) is 33.7 Å². The normalized spacial score (nSPS) is 15.3. The maximum Gasteiger partial charge on any atom is 0.337 e. The van der Waals surface area contributed by atoms with E-state index in [2.05, 4.69) is 4.74 Å². The van der Waals surface area contributed by atoms with Crippen LogP contribution in [-0.4, -0.2) is 29.1 Å². The molecule has 6 heteroatoms. The molecule has 0 atom stereocenters. The van der Waals surface area contributed by atoms with Gasteiger partial charge in [-0.2, -0.15) is 0 Å². The molecule has 0 spiro atoms. The quantitative estimate of drug-likeness (QED) is 0.460. The fourth-order valence-electron chi connectivity index (χ4n) is 3.14. The molecule has 3 aromatic carbocycles. The Balaban J connectivity index is 1.53. The number of ether oxygens (including phenoxy) is 1. The second kappa shape index (κ2) is 7.93. The summed E-state index contributed by atoms with van der Waals surface area (Å²) in [4.78, 5) is 38.3. The standard InChI is InChI=1S/C23H17NO4S/c1-28-22(26)18-10-6-15(7-11-18)13-20-21(25)24(23(27)29-20)14-16-8-9-17-4-2-3-5-19(17)12-16/h2-13H,14H2,1H3/b20-13+. The number of hydrogen-bond donors (Lipinski definition) is 0. The summed E-state index contributed by atoms with van der Waals surface area (Å²) in [6.45, 7) is 0.230. The first-order valence-corrected chi connectivity index (χ1v) is 9.78. The molecule has 0 unspecified atom stereocenters. The Bertz CT molecular complexity index is 1150. The van der Waals surface area contributed by atoms with Crippen LogP contribution in [0.25, 0.3) is 16.8 Å². The van der Waals surface area contributed by atoms with Crippen molar-refractivity contribution in [3.05, 3.63) is 88.3 Å². The minimum absolute atomic E-state index is 0.230. The van der Waals surface area contributed by atoms with Gasteiger partial charge in [0, 0.05) is 0 Å². The van der Waals surface area contributed by atoms with Crippen LogP contribution >= 0.6 is 11.8 Å². The van der Waals surface area contributed by atoms with Crippen molar-refractivity contribution >= 4 is 45.7 Å². The van der Waals surface area contributed by atoms with E-state index in [0.29, 0.717) is 10.5 Å². The number of amides is 2. The Morgan fingerprint density at radius 3 is 2.45 bits per heavy atom. The summed E-state index contributed by atoms with van der Waals surface area (Å²) < 4.78 is 4.67. The minimum Gasteiger partial charge on any atom is -0.465 e. The predicted octanol–water partition coefficient (Wildman–Crippen LogP) is 4.86. The van der Waals surface area contributed by atoms with Crippen molar-refractivity contribution in [3.8, 4) is 0 Å². The lowest BCUT2D eigenvalue weighted by molar-refractivity contribution is -0.123. The third-order valence-corrected chi connectivity index (χ3v) is 5.57. The van der Waals surface area contributed by atoms with Gasteiger partial charge in [-0.25, -0.2) is 4.79 Å². The van der Waals surface area contributed by atoms with Gasteiger partial charge in [0.1, 0.15) is 0 Å². The Morgan fingerprint density at radius 2 is 1.72 bits per heavy atom. The Kier molecular flexibility index (Phi) is 5.18. The predicted molar refractivity (Wildman–Crippen MR) is 113 cm³/mol. The molecule has 5 nitrogen and oxygen atoms in total. The zero-order valence-electron chi connectivity index (χ0n) is 15.6. The number of hydrogen-bond acceptors (Lipinski definition) is 5. The highest BCUT2D eigenvalue weighted by molar-refractivity contribution is 8.18. The van der Waals surface area contributed by atoms with E-state index in [1.807, 2.05) is 42.5 Å². The van der Waals surface area contributed by atoms with Crippen LogP contribution in [0, 0.1) is 0 Å². The maximum absolute atomic E-state index is 12.8. The topological polar surface area (TPSA) is 63.7 Å². The summed E-state index contributed by atoms with van der Waals surface area (Å²) in [5.41, 5.74) is 2.05. The molecule has 0 aromatic heterocycles. The SMILES string of the molecule is COC(=O)c1ccc(/C=C2/SC(=O)N(Cc3ccc4ccccc4c3)C2=O)cc1. The number of methoxy groups -OCH3 is 1. The Morgan fingerprint density at radius 1 is 1.00 bits per heavy atom. The average molecular weight is 403 g/mol. The molecule has 1 heterocycles. The first kappa shape index (κ1) is 19.0. The first-order chi connectivity index (χ1) is 14.0. The molecule has 3 aromatic rings. The lowest BCUT2D eigenvalue weighted by Crippen LogP contribution is -2.27. The summed E-state index contributed by atoms with van der Waals surface area (Å²) in [7, 11) is 1.32. The summed E-state index contributed by atoms with van der Waals surface area (Å²) in [5, 5.41) is 1.89. The Labute approximate surface area is 172 Å². The second-order valence-electron chi connectivity index (χ2n) is 6.56. The van der Waals surface area contributed by atoms with Gasteiger partial charge in [-0.05, 0) is 57.9 Å². The van der Waals surface area contributed by atoms with Gasteiger partial charge in [-0.15, -0.1) is 0 Å². The molecule has 2 amide bonds. The van der Waals surface area contributed by atoms with E-state index in [1.165, 1.54) is 12.0 Å². The summed E-state index contributed by atoms with van der Waals surface area (Å²) in [6, 6.07) is 20.5. The molecule has 0 radical (unpaired) electrons. The van der Waals surface area contributed by atoms with Gasteiger partial charge >= 0.3 is 5.97 Å². The van der Waals surface area contributed by atoms with Gasteiger partial charge in [0.15, 0.2) is 0 Å². The van der Waals surface area contributed by atoms with Gasteiger partial charge in [0.25, 0.3) is 11.1 Å². The minimum atomic E-state index is -0.424. The number of benzene rings is 3. The molecule has 0 N–H and O–H groups in total. The zero-order chi connectivity index (χ0) is 20.4. The number of esters is 1. The summed E-state index contributed by atoms with van der Waals surface area (Å²) >= 11 is 0.921. The van der Waals surface area contributed by atoms with E-state index < -0.39 is 5.97 Å². The van der Waals surface area contributed by atoms with Crippen LogP contribution < -0.4 is 0 Å². The van der Waals surface area contributed by atoms with Crippen LogP contribution in [0.2, 0.25) is 0 Å². The third kappa shape index (κ3) is 3.93. The zero-order valence-corrected chi connectivity index (χ0v) is 16.4. The maximum atomic E-state index is 12.8. The van der Waals surface area contributed by atoms with Crippen LogP contribution in [0.4, 0.5) is 4.79 Å². The molecule has 1 aliphatic rings. The monoisotopic (exact) mass is 403 g/mol. The number of rotatable bonds is 4. The molecule has 1 aliphatic heterocycles. The smallest absolute Gasteiger partial charge is 0.337 e. The first-order valence-electron chi connectivity index (χ1n) is 8.96. The summed E-state index contributed by atoms with van der Waals surface area (Å²) in [6.07, 6.45) is 1.66. The number of thioether (sulfide) groups is 1. The lowest BCUT2D eigenvalue weighted by Gasteiger charge is -2.13. The van der Waals surface area contributed by atoms with Crippen molar-refractivity contribution in [1.29, 1.82) is 0 Å². The molecule has 144 valence electrons. The number of carbonyl (C=O) groups is 3. The molecule has 4 rings (SSSR count). The highest BCUT2D eigenvalue weighted by Crippen LogP contribution is 2.33. The van der Waals surface area contributed by atoms with Crippen molar-refractivity contribution in [3.63, 3.8) is 0 Å². The van der Waals surface area contributed by atoms with Crippen molar-refractivity contribution in [2.24, 2.45) is 0 Å². The van der Waals surface area contributed by atoms with E-state index in [9.17, 15) is 14.4 Å². The average Bonchev–Trinajstić information content (AvgIpc) is 3.01. The van der Waals surface area contributed by atoms with Crippen molar-refractivity contribution in [2.75, 3.05) is 7.11 Å². The van der Waals surface area contributed by atoms with Crippen LogP contribution in [0.5, 0.6) is 0 Å². The van der Waals surface area contributed by atoms with E-state index in [-0.39, 0.29) is 17.7 Å². The number of fused-ring (bicyclic) bond motifs is 1. The van der Waals surface area contributed by atoms with Crippen molar-refractivity contribution in [2.45, 2.75) is 6.54 Å². The highest BCUT2D eigenvalue weighted by atomic mass is 32.2. The van der Waals surface area contributed by atoms with Crippen molar-refractivity contribution in [1.82, 2.24) is 4.90 Å². The highest BCUT2D eigenvalue weighted by Gasteiger charge is 2.35. The van der Waals surface area contributed by atoms with Gasteiger partial charge in [0.2, 0.25) is 0 Å². The fourth-order valence-corrected chi connectivity index (χ4v) is 3.98. The lowest BCUT2D eigenvalue weighted by atomic mass is 10.1. The van der Waals surface area contributed by atoms with Crippen LogP contribution in [0.1, 0.15) is 21.5 Å². The number of nitrogens with zero attached hydrogens (tertiary/aromatic N) is 1. The Hall–Kier alpha value is -3.38.